The number of nitrogens with one attached hydrogen (secondary N) is 1. The van der Waals surface area contributed by atoms with Crippen molar-refractivity contribution in [3.05, 3.63) is 42.1 Å². The Kier molecular flexibility index (Phi) is 3.73. The van der Waals surface area contributed by atoms with E-state index in [9.17, 15) is 0 Å². The Morgan fingerprint density at radius 1 is 1.32 bits per heavy atom. The highest BCUT2D eigenvalue weighted by atomic mass is 16.7. The van der Waals surface area contributed by atoms with Gasteiger partial charge in [-0.05, 0) is 24.7 Å². The summed E-state index contributed by atoms with van der Waals surface area (Å²) in [5.74, 6) is 0. The molecule has 0 saturated carbocycles. The summed E-state index contributed by atoms with van der Waals surface area (Å²) in [6.45, 7) is 1.39. The molecule has 1 N–H and O–H groups in total. The second-order valence-electron chi connectivity index (χ2n) is 4.70. The molecular weight excluding hydrogens is 240 g/mol. The van der Waals surface area contributed by atoms with Crippen molar-refractivity contribution in [1.29, 1.82) is 0 Å². The van der Waals surface area contributed by atoms with Gasteiger partial charge in [0.05, 0.1) is 18.7 Å². The third kappa shape index (κ3) is 2.76. The van der Waals surface area contributed by atoms with E-state index in [-0.39, 0.29) is 12.3 Å². The molecular formula is C15H18N2O2. The first-order chi connectivity index (χ1) is 9.36. The van der Waals surface area contributed by atoms with E-state index in [0.717, 1.165) is 17.3 Å². The minimum absolute atomic E-state index is 0.100. The van der Waals surface area contributed by atoms with E-state index in [1.807, 2.05) is 19.3 Å². The lowest BCUT2D eigenvalue weighted by atomic mass is 10.0. The molecule has 1 unspecified atom stereocenters. The van der Waals surface area contributed by atoms with Crippen LogP contribution in [-0.4, -0.2) is 31.5 Å². The number of rotatable bonds is 4. The summed E-state index contributed by atoms with van der Waals surface area (Å²) in [4.78, 5) is 4.40. The summed E-state index contributed by atoms with van der Waals surface area (Å²) in [5, 5.41) is 4.48. The van der Waals surface area contributed by atoms with E-state index in [1.165, 1.54) is 5.56 Å². The Morgan fingerprint density at radius 3 is 2.95 bits per heavy atom. The lowest BCUT2D eigenvalue weighted by molar-refractivity contribution is -0.0526. The van der Waals surface area contributed by atoms with Gasteiger partial charge in [0.1, 0.15) is 0 Å². The van der Waals surface area contributed by atoms with Crippen molar-refractivity contribution in [1.82, 2.24) is 10.3 Å². The molecule has 2 aromatic rings. The lowest BCUT2D eigenvalue weighted by Gasteiger charge is -2.20. The van der Waals surface area contributed by atoms with Crippen molar-refractivity contribution in [2.75, 3.05) is 20.3 Å². The fourth-order valence-corrected chi connectivity index (χ4v) is 2.46. The molecule has 1 atom stereocenters. The van der Waals surface area contributed by atoms with Gasteiger partial charge in [-0.3, -0.25) is 4.98 Å². The van der Waals surface area contributed by atoms with E-state index in [4.69, 9.17) is 9.47 Å². The van der Waals surface area contributed by atoms with Crippen LogP contribution in [0.15, 0.2) is 36.5 Å². The van der Waals surface area contributed by atoms with E-state index >= 15 is 0 Å². The molecule has 0 bridgehead atoms. The van der Waals surface area contributed by atoms with Crippen LogP contribution < -0.4 is 5.32 Å². The average Bonchev–Trinajstić information content (AvgIpc) is 2.97. The number of nitrogens with zero attached hydrogens (tertiary/aromatic N) is 1. The van der Waals surface area contributed by atoms with Gasteiger partial charge in [-0.15, -0.1) is 0 Å². The van der Waals surface area contributed by atoms with Gasteiger partial charge < -0.3 is 14.8 Å². The molecule has 100 valence electrons. The van der Waals surface area contributed by atoms with E-state index in [2.05, 4.69) is 34.6 Å². The third-order valence-corrected chi connectivity index (χ3v) is 3.50. The maximum Gasteiger partial charge on any atom is 0.159 e. The van der Waals surface area contributed by atoms with Gasteiger partial charge in [0.25, 0.3) is 0 Å². The van der Waals surface area contributed by atoms with Crippen LogP contribution >= 0.6 is 0 Å². The molecule has 1 fully saturated rings. The van der Waals surface area contributed by atoms with Crippen LogP contribution in [0.25, 0.3) is 10.9 Å². The van der Waals surface area contributed by atoms with Gasteiger partial charge in [-0.1, -0.05) is 18.2 Å². The zero-order valence-electron chi connectivity index (χ0n) is 11.0. The molecule has 19 heavy (non-hydrogen) atoms. The van der Waals surface area contributed by atoms with Crippen molar-refractivity contribution < 1.29 is 9.47 Å². The van der Waals surface area contributed by atoms with Crippen molar-refractivity contribution in [2.45, 2.75) is 18.8 Å². The summed E-state index contributed by atoms with van der Waals surface area (Å²) in [7, 11) is 1.96. The minimum atomic E-state index is -0.100. The normalized spacial score (nSPS) is 17.9. The summed E-state index contributed by atoms with van der Waals surface area (Å²) in [6, 6.07) is 10.6. The Morgan fingerprint density at radius 2 is 2.16 bits per heavy atom. The molecule has 4 heteroatoms. The van der Waals surface area contributed by atoms with Crippen LogP contribution in [0, 0.1) is 0 Å². The molecule has 1 saturated heterocycles. The SMILES string of the molecule is CNC(CC1OCCO1)c1ccc2cccnc2c1. The maximum absolute atomic E-state index is 5.52. The summed E-state index contributed by atoms with van der Waals surface area (Å²) in [5.41, 5.74) is 2.24. The Hall–Kier alpha value is -1.49. The molecule has 1 aliphatic heterocycles. The molecule has 3 rings (SSSR count). The predicted molar refractivity (Wildman–Crippen MR) is 73.9 cm³/mol. The first-order valence-electron chi connectivity index (χ1n) is 6.62. The average molecular weight is 258 g/mol. The highest BCUT2D eigenvalue weighted by Gasteiger charge is 2.21. The van der Waals surface area contributed by atoms with Gasteiger partial charge in [-0.2, -0.15) is 0 Å². The van der Waals surface area contributed by atoms with E-state index in [1.54, 1.807) is 0 Å². The molecule has 0 radical (unpaired) electrons. The van der Waals surface area contributed by atoms with Crippen LogP contribution in [0.4, 0.5) is 0 Å². The summed E-state index contributed by atoms with van der Waals surface area (Å²) in [6.07, 6.45) is 2.54. The number of hydrogen-bond acceptors (Lipinski definition) is 4. The Labute approximate surface area is 112 Å². The quantitative estimate of drug-likeness (QED) is 0.913. The number of pyridine rings is 1. The summed E-state index contributed by atoms with van der Waals surface area (Å²) < 4.78 is 11.0. The number of benzene rings is 1. The summed E-state index contributed by atoms with van der Waals surface area (Å²) >= 11 is 0. The zero-order valence-corrected chi connectivity index (χ0v) is 11.0. The second-order valence-corrected chi connectivity index (χ2v) is 4.70. The third-order valence-electron chi connectivity index (χ3n) is 3.50. The first-order valence-corrected chi connectivity index (χ1v) is 6.62. The zero-order chi connectivity index (χ0) is 13.1. The number of aromatic nitrogens is 1. The monoisotopic (exact) mass is 258 g/mol. The molecule has 0 spiro atoms. The van der Waals surface area contributed by atoms with Crippen LogP contribution in [0.1, 0.15) is 18.0 Å². The standard InChI is InChI=1S/C15H18N2O2/c1-16-13(10-15-18-7-8-19-15)12-5-4-11-3-2-6-17-14(11)9-12/h2-6,9,13,15-16H,7-8,10H2,1H3. The van der Waals surface area contributed by atoms with Crippen LogP contribution in [0.5, 0.6) is 0 Å². The largest absolute Gasteiger partial charge is 0.350 e. The molecule has 1 aromatic heterocycles. The van der Waals surface area contributed by atoms with Crippen LogP contribution in [0.3, 0.4) is 0 Å². The highest BCUT2D eigenvalue weighted by molar-refractivity contribution is 5.78. The molecule has 0 amide bonds. The minimum Gasteiger partial charge on any atom is -0.350 e. The topological polar surface area (TPSA) is 43.4 Å². The maximum atomic E-state index is 5.52. The first kappa shape index (κ1) is 12.5. The number of fused-ring (bicyclic) bond motifs is 1. The van der Waals surface area contributed by atoms with Gasteiger partial charge in [0.15, 0.2) is 6.29 Å². The van der Waals surface area contributed by atoms with Gasteiger partial charge >= 0.3 is 0 Å². The smallest absolute Gasteiger partial charge is 0.159 e. The van der Waals surface area contributed by atoms with E-state index < -0.39 is 0 Å². The lowest BCUT2D eigenvalue weighted by Crippen LogP contribution is -2.23. The van der Waals surface area contributed by atoms with Gasteiger partial charge in [0.2, 0.25) is 0 Å². The van der Waals surface area contributed by atoms with E-state index in [0.29, 0.717) is 13.2 Å². The molecule has 4 nitrogen and oxygen atoms in total. The fraction of sp³-hybridized carbons (Fsp3) is 0.400. The predicted octanol–water partition coefficient (Wildman–Crippen LogP) is 2.26. The van der Waals surface area contributed by atoms with Gasteiger partial charge in [-0.25, -0.2) is 0 Å². The second kappa shape index (κ2) is 5.65. The molecule has 0 aliphatic carbocycles. The Bertz CT molecular complexity index is 553. The molecule has 1 aliphatic rings. The highest BCUT2D eigenvalue weighted by Crippen LogP contribution is 2.24. The van der Waals surface area contributed by atoms with Crippen molar-refractivity contribution in [3.8, 4) is 0 Å². The van der Waals surface area contributed by atoms with Gasteiger partial charge in [0, 0.05) is 24.0 Å². The van der Waals surface area contributed by atoms with Crippen molar-refractivity contribution >= 4 is 10.9 Å². The molecule has 1 aromatic carbocycles. The Balaban J connectivity index is 1.83. The number of ether oxygens (including phenoxy) is 2. The van der Waals surface area contributed by atoms with Crippen LogP contribution in [-0.2, 0) is 9.47 Å². The van der Waals surface area contributed by atoms with Crippen LogP contribution in [0.2, 0.25) is 0 Å². The molecule has 2 heterocycles. The van der Waals surface area contributed by atoms with Crippen molar-refractivity contribution in [3.63, 3.8) is 0 Å². The fourth-order valence-electron chi connectivity index (χ4n) is 2.46. The number of hydrogen-bond donors (Lipinski definition) is 1. The van der Waals surface area contributed by atoms with Crippen molar-refractivity contribution in [2.24, 2.45) is 0 Å².